The highest BCUT2D eigenvalue weighted by Gasteiger charge is 2.02. The van der Waals surface area contributed by atoms with Gasteiger partial charge in [0.25, 0.3) is 0 Å². The van der Waals surface area contributed by atoms with E-state index in [1.807, 2.05) is 0 Å². The third kappa shape index (κ3) is 24.5. The fourth-order valence-electron chi connectivity index (χ4n) is 1.31. The second kappa shape index (κ2) is 21.2. The lowest BCUT2D eigenvalue weighted by Crippen LogP contribution is -2.12. The van der Waals surface area contributed by atoms with Crippen LogP contribution in [0.3, 0.4) is 0 Å². The van der Waals surface area contributed by atoms with Crippen LogP contribution in [-0.2, 0) is 28.7 Å². The van der Waals surface area contributed by atoms with E-state index < -0.39 is 17.9 Å². The van der Waals surface area contributed by atoms with Gasteiger partial charge in [-0.05, 0) is 12.1 Å². The summed E-state index contributed by atoms with van der Waals surface area (Å²) in [6.07, 6.45) is 4.04. The van der Waals surface area contributed by atoms with E-state index in [0.717, 1.165) is 6.08 Å². The number of aliphatic hydroxyl groups excluding tert-OH is 2. The van der Waals surface area contributed by atoms with Crippen LogP contribution in [-0.4, -0.2) is 82.3 Å². The van der Waals surface area contributed by atoms with Crippen LogP contribution in [0.25, 0.3) is 0 Å². The van der Waals surface area contributed by atoms with Crippen molar-refractivity contribution in [2.24, 2.45) is 0 Å². The summed E-state index contributed by atoms with van der Waals surface area (Å²) in [4.78, 5) is 44.4. The lowest BCUT2D eigenvalue weighted by atomic mass is 10.4. The summed E-state index contributed by atoms with van der Waals surface area (Å²) >= 11 is 0. The molecule has 0 saturated carbocycles. The SMILES string of the molecule is C=CC(=O)OCCC(=O)O.O=C(CCOc1cccnc1)OCCO.O=C(O)CCO. The molecule has 1 aromatic rings. The van der Waals surface area contributed by atoms with Gasteiger partial charge in [0.2, 0.25) is 0 Å². The summed E-state index contributed by atoms with van der Waals surface area (Å²) in [6, 6.07) is 3.51. The summed E-state index contributed by atoms with van der Waals surface area (Å²) in [6.45, 7) is 2.89. The van der Waals surface area contributed by atoms with Crippen molar-refractivity contribution in [3.8, 4) is 5.75 Å². The number of hydrogen-bond acceptors (Lipinski definition) is 10. The van der Waals surface area contributed by atoms with Crippen LogP contribution in [0, 0.1) is 0 Å². The third-order valence-electron chi connectivity index (χ3n) is 2.62. The van der Waals surface area contributed by atoms with Gasteiger partial charge in [-0.25, -0.2) is 4.79 Å². The maximum atomic E-state index is 11.0. The Labute approximate surface area is 178 Å². The minimum absolute atomic E-state index is 0.0335. The van der Waals surface area contributed by atoms with Crippen molar-refractivity contribution in [1.29, 1.82) is 0 Å². The van der Waals surface area contributed by atoms with Gasteiger partial charge in [0, 0.05) is 12.3 Å². The molecular weight excluding hydrogens is 418 g/mol. The molecule has 0 aliphatic rings. The molecule has 174 valence electrons. The first kappa shape index (κ1) is 29.7. The zero-order valence-electron chi connectivity index (χ0n) is 16.8. The predicted molar refractivity (Wildman–Crippen MR) is 105 cm³/mol. The zero-order chi connectivity index (χ0) is 23.9. The zero-order valence-corrected chi connectivity index (χ0v) is 16.8. The van der Waals surface area contributed by atoms with E-state index in [2.05, 4.69) is 21.0 Å². The molecular formula is C19H27NO11. The Kier molecular flexibility index (Phi) is 20.3. The molecule has 0 aliphatic carbocycles. The van der Waals surface area contributed by atoms with E-state index in [1.165, 1.54) is 0 Å². The number of nitrogens with zero attached hydrogens (tertiary/aromatic N) is 1. The molecule has 0 fully saturated rings. The van der Waals surface area contributed by atoms with Crippen LogP contribution < -0.4 is 4.74 Å². The summed E-state index contributed by atoms with van der Waals surface area (Å²) in [5.74, 6) is -2.31. The number of carboxylic acids is 2. The average molecular weight is 445 g/mol. The van der Waals surface area contributed by atoms with E-state index in [-0.39, 0.29) is 58.3 Å². The van der Waals surface area contributed by atoms with Crippen molar-refractivity contribution < 1.29 is 53.8 Å². The van der Waals surface area contributed by atoms with Crippen LogP contribution in [0.4, 0.5) is 0 Å². The lowest BCUT2D eigenvalue weighted by Gasteiger charge is -2.05. The molecule has 1 rings (SSSR count). The quantitative estimate of drug-likeness (QED) is 0.250. The van der Waals surface area contributed by atoms with Crippen molar-refractivity contribution in [3.63, 3.8) is 0 Å². The first-order valence-electron chi connectivity index (χ1n) is 8.89. The van der Waals surface area contributed by atoms with E-state index in [0.29, 0.717) is 5.75 Å². The Morgan fingerprint density at radius 2 is 1.61 bits per heavy atom. The fraction of sp³-hybridized carbons (Fsp3) is 0.421. The maximum absolute atomic E-state index is 11.0. The molecule has 0 unspecified atom stereocenters. The molecule has 12 heteroatoms. The minimum Gasteiger partial charge on any atom is -0.491 e. The number of ether oxygens (including phenoxy) is 3. The molecule has 0 atom stereocenters. The molecule has 1 heterocycles. The van der Waals surface area contributed by atoms with Gasteiger partial charge in [-0.2, -0.15) is 0 Å². The highest BCUT2D eigenvalue weighted by molar-refractivity contribution is 5.81. The number of esters is 2. The van der Waals surface area contributed by atoms with Gasteiger partial charge in [-0.3, -0.25) is 19.4 Å². The monoisotopic (exact) mass is 445 g/mol. The van der Waals surface area contributed by atoms with Gasteiger partial charge >= 0.3 is 23.9 Å². The van der Waals surface area contributed by atoms with Crippen LogP contribution in [0.2, 0.25) is 0 Å². The van der Waals surface area contributed by atoms with Crippen LogP contribution in [0.5, 0.6) is 5.75 Å². The van der Waals surface area contributed by atoms with Gasteiger partial charge in [-0.15, -0.1) is 0 Å². The number of hydrogen-bond donors (Lipinski definition) is 4. The Balaban J connectivity index is 0. The summed E-state index contributed by atoms with van der Waals surface area (Å²) in [5, 5.41) is 32.1. The van der Waals surface area contributed by atoms with E-state index in [1.54, 1.807) is 24.5 Å². The number of aromatic nitrogens is 1. The number of carbonyl (C=O) groups excluding carboxylic acids is 2. The summed E-state index contributed by atoms with van der Waals surface area (Å²) in [7, 11) is 0. The topological polar surface area (TPSA) is 190 Å². The van der Waals surface area contributed by atoms with Gasteiger partial charge in [0.1, 0.15) is 19.0 Å². The van der Waals surface area contributed by atoms with Crippen molar-refractivity contribution in [2.75, 3.05) is 33.0 Å². The van der Waals surface area contributed by atoms with Gasteiger partial charge in [-0.1, -0.05) is 6.58 Å². The third-order valence-corrected chi connectivity index (χ3v) is 2.62. The predicted octanol–water partition coefficient (Wildman–Crippen LogP) is 0.0297. The second-order valence-corrected chi connectivity index (χ2v) is 5.11. The first-order valence-corrected chi connectivity index (χ1v) is 8.89. The largest absolute Gasteiger partial charge is 0.491 e. The number of aliphatic carboxylic acids is 2. The average Bonchev–Trinajstić information content (AvgIpc) is 2.73. The lowest BCUT2D eigenvalue weighted by molar-refractivity contribution is -0.145. The second-order valence-electron chi connectivity index (χ2n) is 5.11. The van der Waals surface area contributed by atoms with Gasteiger partial charge in [0.05, 0.1) is 45.3 Å². The molecule has 0 radical (unpaired) electrons. The van der Waals surface area contributed by atoms with E-state index >= 15 is 0 Å². The molecule has 0 aliphatic heterocycles. The first-order chi connectivity index (χ1) is 14.8. The number of carbonyl (C=O) groups is 4. The molecule has 0 saturated heterocycles. The Morgan fingerprint density at radius 3 is 2.06 bits per heavy atom. The highest BCUT2D eigenvalue weighted by atomic mass is 16.5. The summed E-state index contributed by atoms with van der Waals surface area (Å²) < 4.78 is 14.2. The van der Waals surface area contributed by atoms with Crippen molar-refractivity contribution in [2.45, 2.75) is 19.3 Å². The number of aliphatic hydroxyl groups is 2. The number of carboxylic acid groups (broad SMARTS) is 2. The van der Waals surface area contributed by atoms with Crippen LogP contribution >= 0.6 is 0 Å². The van der Waals surface area contributed by atoms with Crippen LogP contribution in [0.1, 0.15) is 19.3 Å². The van der Waals surface area contributed by atoms with Gasteiger partial charge in [0.15, 0.2) is 0 Å². The minimum atomic E-state index is -0.989. The van der Waals surface area contributed by atoms with Crippen molar-refractivity contribution in [1.82, 2.24) is 4.98 Å². The normalized spacial score (nSPS) is 8.97. The van der Waals surface area contributed by atoms with E-state index in [9.17, 15) is 19.2 Å². The molecule has 0 aromatic carbocycles. The maximum Gasteiger partial charge on any atom is 0.330 e. The molecule has 0 amide bonds. The van der Waals surface area contributed by atoms with E-state index in [4.69, 9.17) is 25.2 Å². The molecule has 12 nitrogen and oxygen atoms in total. The standard InChI is InChI=1S/C10H13NO4.C6H8O4.C3H6O3/c12-5-7-15-10(13)3-6-14-9-2-1-4-11-8-9;1-2-6(9)10-4-3-5(7)8;4-2-1-3(5)6/h1-2,4,8,12H,3,5-7H2;2H,1,3-4H2,(H,7,8);4H,1-2H2,(H,5,6). The van der Waals surface area contributed by atoms with Crippen LogP contribution in [0.15, 0.2) is 37.2 Å². The highest BCUT2D eigenvalue weighted by Crippen LogP contribution is 2.06. The van der Waals surface area contributed by atoms with Crippen molar-refractivity contribution >= 4 is 23.9 Å². The Bertz CT molecular complexity index is 650. The molecule has 31 heavy (non-hydrogen) atoms. The molecule has 0 spiro atoms. The number of rotatable bonds is 12. The van der Waals surface area contributed by atoms with Crippen molar-refractivity contribution in [3.05, 3.63) is 37.2 Å². The fourth-order valence-corrected chi connectivity index (χ4v) is 1.31. The number of pyridine rings is 1. The summed E-state index contributed by atoms with van der Waals surface area (Å²) in [5.41, 5.74) is 0. The Morgan fingerprint density at radius 1 is 0.935 bits per heavy atom. The molecule has 1 aromatic heterocycles. The smallest absolute Gasteiger partial charge is 0.330 e. The van der Waals surface area contributed by atoms with Gasteiger partial charge < -0.3 is 34.6 Å². The molecule has 0 bridgehead atoms. The Hall–Kier alpha value is -3.51. The molecule has 4 N–H and O–H groups in total.